The van der Waals surface area contributed by atoms with Crippen LogP contribution in [-0.4, -0.2) is 40.4 Å². The first kappa shape index (κ1) is 17.0. The third kappa shape index (κ3) is 3.80. The number of fused-ring (bicyclic) bond motifs is 1. The molecule has 0 saturated heterocycles. The lowest BCUT2D eigenvalue weighted by Gasteiger charge is -2.17. The molecule has 0 aliphatic carbocycles. The Bertz CT molecular complexity index is 954. The van der Waals surface area contributed by atoms with Gasteiger partial charge in [-0.3, -0.25) is 14.0 Å². The fraction of sp³-hybridized carbons (Fsp3) is 0.167. The number of rotatable bonds is 5. The van der Waals surface area contributed by atoms with E-state index in [1.807, 2.05) is 0 Å². The summed E-state index contributed by atoms with van der Waals surface area (Å²) in [5.41, 5.74) is 0.136. The van der Waals surface area contributed by atoms with E-state index >= 15 is 0 Å². The maximum absolute atomic E-state index is 12.5. The SMILES string of the molecule is CN(CCOc1ccc(Cl)cc1)C(=O)c1cnc2ccccn2c1=O. The molecule has 3 aromatic rings. The van der Waals surface area contributed by atoms with E-state index in [1.165, 1.54) is 15.5 Å². The lowest BCUT2D eigenvalue weighted by Crippen LogP contribution is -2.35. The highest BCUT2D eigenvalue weighted by molar-refractivity contribution is 6.30. The normalized spacial score (nSPS) is 10.6. The number of aromatic nitrogens is 2. The highest BCUT2D eigenvalue weighted by Crippen LogP contribution is 2.15. The summed E-state index contributed by atoms with van der Waals surface area (Å²) in [4.78, 5) is 30.5. The fourth-order valence-corrected chi connectivity index (χ4v) is 2.44. The highest BCUT2D eigenvalue weighted by atomic mass is 35.5. The van der Waals surface area contributed by atoms with Crippen molar-refractivity contribution in [3.05, 3.63) is 75.8 Å². The van der Waals surface area contributed by atoms with E-state index in [0.717, 1.165) is 0 Å². The summed E-state index contributed by atoms with van der Waals surface area (Å²) >= 11 is 5.82. The van der Waals surface area contributed by atoms with Gasteiger partial charge in [0.05, 0.1) is 6.54 Å². The van der Waals surface area contributed by atoms with Crippen molar-refractivity contribution in [3.8, 4) is 5.75 Å². The van der Waals surface area contributed by atoms with Crippen LogP contribution in [-0.2, 0) is 0 Å². The Labute approximate surface area is 149 Å². The number of pyridine rings is 1. The molecule has 0 N–H and O–H groups in total. The summed E-state index contributed by atoms with van der Waals surface area (Å²) in [5, 5.41) is 0.629. The van der Waals surface area contributed by atoms with Gasteiger partial charge in [0.1, 0.15) is 23.6 Å². The summed E-state index contributed by atoms with van der Waals surface area (Å²) in [6.07, 6.45) is 2.90. The van der Waals surface area contributed by atoms with E-state index in [0.29, 0.717) is 29.6 Å². The van der Waals surface area contributed by atoms with Crippen LogP contribution in [0.3, 0.4) is 0 Å². The number of ether oxygens (including phenoxy) is 1. The Morgan fingerprint density at radius 1 is 1.24 bits per heavy atom. The third-order valence-corrected chi connectivity index (χ3v) is 3.95. The molecule has 0 unspecified atom stereocenters. The van der Waals surface area contributed by atoms with Crippen LogP contribution in [0.2, 0.25) is 5.02 Å². The summed E-state index contributed by atoms with van der Waals surface area (Å²) in [5.74, 6) is 0.271. The molecule has 1 amide bonds. The minimum Gasteiger partial charge on any atom is -0.492 e. The first-order chi connectivity index (χ1) is 12.1. The average Bonchev–Trinajstić information content (AvgIpc) is 2.63. The molecule has 25 heavy (non-hydrogen) atoms. The number of carbonyl (C=O) groups excluding carboxylic acids is 1. The molecule has 0 spiro atoms. The lowest BCUT2D eigenvalue weighted by atomic mass is 10.3. The second-order valence-electron chi connectivity index (χ2n) is 5.43. The first-order valence-corrected chi connectivity index (χ1v) is 8.04. The maximum atomic E-state index is 12.5. The molecule has 0 aliphatic heterocycles. The van der Waals surface area contributed by atoms with E-state index in [-0.39, 0.29) is 11.1 Å². The Hall–Kier alpha value is -2.86. The standard InChI is InChI=1S/C18H16ClN3O3/c1-21(10-11-25-14-7-5-13(19)6-8-14)17(23)15-12-20-16-4-2-3-9-22(16)18(15)24/h2-9,12H,10-11H2,1H3. The number of benzene rings is 1. The van der Waals surface area contributed by atoms with E-state index in [4.69, 9.17) is 16.3 Å². The van der Waals surface area contributed by atoms with Gasteiger partial charge in [-0.25, -0.2) is 4.98 Å². The van der Waals surface area contributed by atoms with Crippen LogP contribution >= 0.6 is 11.6 Å². The molecular weight excluding hydrogens is 342 g/mol. The summed E-state index contributed by atoms with van der Waals surface area (Å²) in [7, 11) is 1.62. The Balaban J connectivity index is 1.67. The molecule has 2 aromatic heterocycles. The van der Waals surface area contributed by atoms with Crippen molar-refractivity contribution in [2.75, 3.05) is 20.2 Å². The largest absolute Gasteiger partial charge is 0.492 e. The van der Waals surface area contributed by atoms with E-state index in [1.54, 1.807) is 55.7 Å². The van der Waals surface area contributed by atoms with Crippen LogP contribution in [0, 0.1) is 0 Å². The van der Waals surface area contributed by atoms with Crippen LogP contribution in [0.4, 0.5) is 0 Å². The van der Waals surface area contributed by atoms with E-state index < -0.39 is 5.91 Å². The molecule has 7 heteroatoms. The summed E-state index contributed by atoms with van der Waals surface area (Å²) < 4.78 is 6.92. The fourth-order valence-electron chi connectivity index (χ4n) is 2.31. The first-order valence-electron chi connectivity index (χ1n) is 7.66. The average molecular weight is 358 g/mol. The van der Waals surface area contributed by atoms with Gasteiger partial charge in [0.2, 0.25) is 0 Å². The number of halogens is 1. The zero-order chi connectivity index (χ0) is 17.8. The Morgan fingerprint density at radius 3 is 2.76 bits per heavy atom. The topological polar surface area (TPSA) is 63.9 Å². The highest BCUT2D eigenvalue weighted by Gasteiger charge is 2.17. The second kappa shape index (κ2) is 7.36. The van der Waals surface area contributed by atoms with Crippen LogP contribution in [0.1, 0.15) is 10.4 Å². The molecule has 0 aliphatic rings. The minimum atomic E-state index is -0.393. The predicted molar refractivity (Wildman–Crippen MR) is 95.4 cm³/mol. The van der Waals surface area contributed by atoms with Gasteiger partial charge in [0.25, 0.3) is 11.5 Å². The molecule has 3 rings (SSSR count). The number of carbonyl (C=O) groups is 1. The molecule has 0 radical (unpaired) electrons. The zero-order valence-corrected chi connectivity index (χ0v) is 14.3. The van der Waals surface area contributed by atoms with Crippen molar-refractivity contribution in [1.82, 2.24) is 14.3 Å². The molecule has 1 aromatic carbocycles. The number of amides is 1. The van der Waals surface area contributed by atoms with Gasteiger partial charge in [0, 0.05) is 24.5 Å². The Kier molecular flexibility index (Phi) is 5.00. The van der Waals surface area contributed by atoms with Gasteiger partial charge in [-0.1, -0.05) is 17.7 Å². The zero-order valence-electron chi connectivity index (χ0n) is 13.6. The molecule has 6 nitrogen and oxygen atoms in total. The van der Waals surface area contributed by atoms with Crippen molar-refractivity contribution < 1.29 is 9.53 Å². The van der Waals surface area contributed by atoms with Crippen molar-refractivity contribution >= 4 is 23.2 Å². The number of hydrogen-bond donors (Lipinski definition) is 0. The van der Waals surface area contributed by atoms with Crippen molar-refractivity contribution in [3.63, 3.8) is 0 Å². The van der Waals surface area contributed by atoms with Gasteiger partial charge >= 0.3 is 0 Å². The van der Waals surface area contributed by atoms with Crippen molar-refractivity contribution in [2.45, 2.75) is 0 Å². The van der Waals surface area contributed by atoms with Crippen LogP contribution in [0.15, 0.2) is 59.7 Å². The molecular formula is C18H16ClN3O3. The van der Waals surface area contributed by atoms with Crippen LogP contribution in [0.25, 0.3) is 5.65 Å². The second-order valence-corrected chi connectivity index (χ2v) is 5.87. The van der Waals surface area contributed by atoms with E-state index in [9.17, 15) is 9.59 Å². The molecule has 2 heterocycles. The molecule has 0 atom stereocenters. The Morgan fingerprint density at radius 2 is 2.00 bits per heavy atom. The van der Waals surface area contributed by atoms with Crippen molar-refractivity contribution in [2.24, 2.45) is 0 Å². The number of hydrogen-bond acceptors (Lipinski definition) is 4. The molecule has 128 valence electrons. The summed E-state index contributed by atoms with van der Waals surface area (Å²) in [6, 6.07) is 12.2. The van der Waals surface area contributed by atoms with Crippen molar-refractivity contribution in [1.29, 1.82) is 0 Å². The van der Waals surface area contributed by atoms with Gasteiger partial charge < -0.3 is 9.64 Å². The number of nitrogens with zero attached hydrogens (tertiary/aromatic N) is 3. The smallest absolute Gasteiger partial charge is 0.270 e. The summed E-state index contributed by atoms with van der Waals surface area (Å²) in [6.45, 7) is 0.630. The van der Waals surface area contributed by atoms with Crippen LogP contribution in [0.5, 0.6) is 5.75 Å². The van der Waals surface area contributed by atoms with Gasteiger partial charge in [0.15, 0.2) is 0 Å². The maximum Gasteiger partial charge on any atom is 0.270 e. The predicted octanol–water partition coefficient (Wildman–Crippen LogP) is 2.50. The molecule has 0 fully saturated rings. The number of likely N-dealkylation sites (N-methyl/N-ethyl adjacent to an activating group) is 1. The quantitative estimate of drug-likeness (QED) is 0.703. The van der Waals surface area contributed by atoms with Gasteiger partial charge in [-0.05, 0) is 36.4 Å². The molecule has 0 bridgehead atoms. The molecule has 0 saturated carbocycles. The minimum absolute atomic E-state index is 0.0256. The van der Waals surface area contributed by atoms with Gasteiger partial charge in [-0.15, -0.1) is 0 Å². The van der Waals surface area contributed by atoms with E-state index in [2.05, 4.69) is 4.98 Å². The third-order valence-electron chi connectivity index (χ3n) is 3.70. The lowest BCUT2D eigenvalue weighted by molar-refractivity contribution is 0.0771. The monoisotopic (exact) mass is 357 g/mol. The van der Waals surface area contributed by atoms with Crippen LogP contribution < -0.4 is 10.3 Å². The van der Waals surface area contributed by atoms with Gasteiger partial charge in [-0.2, -0.15) is 0 Å².